The van der Waals surface area contributed by atoms with Crippen molar-refractivity contribution in [1.29, 1.82) is 0 Å². The molecule has 0 unspecified atom stereocenters. The van der Waals surface area contributed by atoms with Gasteiger partial charge in [0.15, 0.2) is 0 Å². The monoisotopic (exact) mass is 378 g/mol. The van der Waals surface area contributed by atoms with Crippen LogP contribution in [0.4, 0.5) is 0 Å². The summed E-state index contributed by atoms with van der Waals surface area (Å²) in [6.07, 6.45) is 4.75. The molecule has 4 nitrogen and oxygen atoms in total. The van der Waals surface area contributed by atoms with E-state index < -0.39 is 0 Å². The highest BCUT2D eigenvalue weighted by atomic mass is 16.5. The molecule has 148 valence electrons. The average Bonchev–Trinajstić information content (AvgIpc) is 2.74. The van der Waals surface area contributed by atoms with Gasteiger partial charge in [0, 0.05) is 30.8 Å². The van der Waals surface area contributed by atoms with Gasteiger partial charge in [0.25, 0.3) is 0 Å². The number of methoxy groups -OCH3 is 1. The van der Waals surface area contributed by atoms with Gasteiger partial charge >= 0.3 is 0 Å². The van der Waals surface area contributed by atoms with Gasteiger partial charge in [-0.2, -0.15) is 0 Å². The molecule has 0 amide bonds. The van der Waals surface area contributed by atoms with Gasteiger partial charge in [0.2, 0.25) is 0 Å². The highest BCUT2D eigenvalue weighted by Crippen LogP contribution is 2.31. The third-order valence-electron chi connectivity index (χ3n) is 5.83. The molecular formula is C24H30N2O2. The van der Waals surface area contributed by atoms with E-state index in [4.69, 9.17) is 9.47 Å². The van der Waals surface area contributed by atoms with Crippen molar-refractivity contribution in [2.24, 2.45) is 0 Å². The Labute approximate surface area is 168 Å². The minimum absolute atomic E-state index is 0.620. The van der Waals surface area contributed by atoms with E-state index in [9.17, 15) is 0 Å². The highest BCUT2D eigenvalue weighted by molar-refractivity contribution is 5.64. The number of nitrogens with zero attached hydrogens (tertiary/aromatic N) is 2. The number of likely N-dealkylation sites (tertiary alicyclic amines) is 1. The molecule has 4 rings (SSSR count). The topological polar surface area (TPSA) is 24.9 Å². The Morgan fingerprint density at radius 1 is 1.07 bits per heavy atom. The second-order valence-electron chi connectivity index (χ2n) is 7.92. The summed E-state index contributed by atoms with van der Waals surface area (Å²) in [5.74, 6) is 1.75. The first kappa shape index (κ1) is 19.0. The smallest absolute Gasteiger partial charge is 0.130 e. The molecule has 0 atom stereocenters. The fourth-order valence-corrected chi connectivity index (χ4v) is 4.16. The molecule has 4 heteroatoms. The number of benzene rings is 2. The zero-order chi connectivity index (χ0) is 19.3. The van der Waals surface area contributed by atoms with E-state index in [1.807, 2.05) is 12.1 Å². The van der Waals surface area contributed by atoms with Gasteiger partial charge in [0.1, 0.15) is 18.1 Å². The van der Waals surface area contributed by atoms with Crippen LogP contribution in [0, 0.1) is 0 Å². The molecule has 0 aliphatic carbocycles. The summed E-state index contributed by atoms with van der Waals surface area (Å²) in [6.45, 7) is 4.94. The molecule has 2 aliphatic heterocycles. The van der Waals surface area contributed by atoms with Gasteiger partial charge < -0.3 is 14.4 Å². The summed E-state index contributed by atoms with van der Waals surface area (Å²) in [5, 5.41) is 0. The van der Waals surface area contributed by atoms with E-state index in [1.165, 1.54) is 37.1 Å². The van der Waals surface area contributed by atoms with Gasteiger partial charge in [-0.1, -0.05) is 30.3 Å². The van der Waals surface area contributed by atoms with Crippen LogP contribution >= 0.6 is 0 Å². The number of hydrogen-bond donors (Lipinski definition) is 0. The van der Waals surface area contributed by atoms with Crippen molar-refractivity contribution in [3.63, 3.8) is 0 Å². The molecule has 2 heterocycles. The molecule has 0 N–H and O–H groups in total. The summed E-state index contributed by atoms with van der Waals surface area (Å²) in [5.41, 5.74) is 3.86. The molecule has 2 aromatic rings. The number of hydrogen-bond acceptors (Lipinski definition) is 4. The van der Waals surface area contributed by atoms with Crippen LogP contribution in [-0.4, -0.2) is 56.2 Å². The van der Waals surface area contributed by atoms with Crippen molar-refractivity contribution in [2.75, 3.05) is 40.4 Å². The molecule has 0 radical (unpaired) electrons. The SMILES string of the molecule is COc1ccc2c(c1)OCC(CN(Cc1ccccc1)C1CCN(C)CC1)=C2. The molecule has 2 aliphatic rings. The zero-order valence-corrected chi connectivity index (χ0v) is 16.9. The lowest BCUT2D eigenvalue weighted by Gasteiger charge is -2.38. The van der Waals surface area contributed by atoms with Gasteiger partial charge in [-0.25, -0.2) is 0 Å². The maximum absolute atomic E-state index is 6.05. The van der Waals surface area contributed by atoms with Crippen molar-refractivity contribution in [3.8, 4) is 11.5 Å². The van der Waals surface area contributed by atoms with Crippen molar-refractivity contribution < 1.29 is 9.47 Å². The zero-order valence-electron chi connectivity index (χ0n) is 16.9. The molecule has 2 aromatic carbocycles. The Hall–Kier alpha value is -2.30. The van der Waals surface area contributed by atoms with E-state index >= 15 is 0 Å². The normalized spacial score (nSPS) is 17.8. The Morgan fingerprint density at radius 2 is 1.86 bits per heavy atom. The minimum Gasteiger partial charge on any atom is -0.497 e. The first-order chi connectivity index (χ1) is 13.7. The van der Waals surface area contributed by atoms with Crippen LogP contribution in [0.1, 0.15) is 24.0 Å². The Kier molecular flexibility index (Phi) is 5.98. The summed E-state index contributed by atoms with van der Waals surface area (Å²) < 4.78 is 11.4. The lowest BCUT2D eigenvalue weighted by molar-refractivity contribution is 0.121. The van der Waals surface area contributed by atoms with E-state index in [1.54, 1.807) is 7.11 Å². The van der Waals surface area contributed by atoms with E-state index in [2.05, 4.69) is 59.3 Å². The van der Waals surface area contributed by atoms with Crippen LogP contribution in [-0.2, 0) is 6.54 Å². The molecule has 0 aromatic heterocycles. The lowest BCUT2D eigenvalue weighted by atomic mass is 10.0. The van der Waals surface area contributed by atoms with Gasteiger partial charge in [-0.3, -0.25) is 4.90 Å². The van der Waals surface area contributed by atoms with Crippen molar-refractivity contribution in [1.82, 2.24) is 9.80 Å². The second-order valence-corrected chi connectivity index (χ2v) is 7.92. The van der Waals surface area contributed by atoms with Crippen LogP contribution in [0.3, 0.4) is 0 Å². The largest absolute Gasteiger partial charge is 0.497 e. The van der Waals surface area contributed by atoms with Gasteiger partial charge in [0.05, 0.1) is 7.11 Å². The van der Waals surface area contributed by atoms with E-state index in [-0.39, 0.29) is 0 Å². The predicted octanol–water partition coefficient (Wildman–Crippen LogP) is 4.07. The fraction of sp³-hybridized carbons (Fsp3) is 0.417. The fourth-order valence-electron chi connectivity index (χ4n) is 4.16. The van der Waals surface area contributed by atoms with E-state index in [0.29, 0.717) is 12.6 Å². The van der Waals surface area contributed by atoms with Gasteiger partial charge in [-0.15, -0.1) is 0 Å². The molecule has 0 saturated carbocycles. The number of piperidine rings is 1. The van der Waals surface area contributed by atoms with E-state index in [0.717, 1.165) is 30.2 Å². The average molecular weight is 379 g/mol. The third-order valence-corrected chi connectivity index (χ3v) is 5.83. The maximum atomic E-state index is 6.05. The lowest BCUT2D eigenvalue weighted by Crippen LogP contribution is -2.44. The second kappa shape index (κ2) is 8.80. The Bertz CT molecular complexity index is 811. The van der Waals surface area contributed by atoms with Crippen molar-refractivity contribution in [2.45, 2.75) is 25.4 Å². The third kappa shape index (κ3) is 4.57. The number of fused-ring (bicyclic) bond motifs is 1. The predicted molar refractivity (Wildman–Crippen MR) is 114 cm³/mol. The summed E-state index contributed by atoms with van der Waals surface area (Å²) in [4.78, 5) is 5.08. The van der Waals surface area contributed by atoms with Crippen LogP contribution in [0.15, 0.2) is 54.1 Å². The maximum Gasteiger partial charge on any atom is 0.130 e. The molecular weight excluding hydrogens is 348 g/mol. The summed E-state index contributed by atoms with van der Waals surface area (Å²) in [7, 11) is 3.91. The summed E-state index contributed by atoms with van der Waals surface area (Å²) in [6, 6.07) is 17.5. The van der Waals surface area contributed by atoms with Crippen molar-refractivity contribution >= 4 is 6.08 Å². The molecule has 1 fully saturated rings. The van der Waals surface area contributed by atoms with Crippen LogP contribution in [0.2, 0.25) is 0 Å². The standard InChI is InChI=1S/C24H30N2O2/c1-25-12-10-22(11-13-25)26(16-19-6-4-3-5-7-19)17-20-14-21-8-9-23(27-2)15-24(21)28-18-20/h3-9,14-15,22H,10-13,16-18H2,1-2H3. The molecule has 1 saturated heterocycles. The number of rotatable bonds is 6. The minimum atomic E-state index is 0.620. The van der Waals surface area contributed by atoms with Crippen molar-refractivity contribution in [3.05, 3.63) is 65.2 Å². The first-order valence-corrected chi connectivity index (χ1v) is 10.2. The quantitative estimate of drug-likeness (QED) is 0.757. The molecule has 0 spiro atoms. The van der Waals surface area contributed by atoms with Gasteiger partial charge in [-0.05, 0) is 62.3 Å². The molecule has 0 bridgehead atoms. The number of ether oxygens (including phenoxy) is 2. The highest BCUT2D eigenvalue weighted by Gasteiger charge is 2.25. The van der Waals surface area contributed by atoms with Crippen LogP contribution in [0.5, 0.6) is 11.5 Å². The molecule has 28 heavy (non-hydrogen) atoms. The van der Waals surface area contributed by atoms with Crippen LogP contribution < -0.4 is 9.47 Å². The Balaban J connectivity index is 1.52. The summed E-state index contributed by atoms with van der Waals surface area (Å²) >= 11 is 0. The Morgan fingerprint density at radius 3 is 2.61 bits per heavy atom. The first-order valence-electron chi connectivity index (χ1n) is 10.2. The van der Waals surface area contributed by atoms with Crippen LogP contribution in [0.25, 0.3) is 6.08 Å².